The summed E-state index contributed by atoms with van der Waals surface area (Å²) in [5.41, 5.74) is 4.21. The molecule has 0 atom stereocenters. The third-order valence-corrected chi connectivity index (χ3v) is 5.11. The molecule has 0 aliphatic carbocycles. The van der Waals surface area contributed by atoms with Gasteiger partial charge in [0.05, 0.1) is 12.1 Å². The predicted molar refractivity (Wildman–Crippen MR) is 119 cm³/mol. The molecule has 7 nitrogen and oxygen atoms in total. The van der Waals surface area contributed by atoms with E-state index in [-0.39, 0.29) is 30.2 Å². The van der Waals surface area contributed by atoms with Crippen molar-refractivity contribution in [1.29, 1.82) is 0 Å². The van der Waals surface area contributed by atoms with E-state index in [2.05, 4.69) is 4.98 Å². The molecule has 3 aromatic rings. The van der Waals surface area contributed by atoms with Crippen molar-refractivity contribution in [3.05, 3.63) is 92.1 Å². The summed E-state index contributed by atoms with van der Waals surface area (Å²) in [5.74, 6) is -0.900. The molecule has 2 aromatic carbocycles. The Morgan fingerprint density at radius 1 is 1.06 bits per heavy atom. The lowest BCUT2D eigenvalue weighted by atomic mass is 10.1. The molecule has 33 heavy (non-hydrogen) atoms. The Bertz CT molecular complexity index is 1230. The number of carbonyl (C=O) groups is 1. The van der Waals surface area contributed by atoms with Crippen molar-refractivity contribution >= 4 is 17.4 Å². The largest absolute Gasteiger partial charge is 0.416 e. The van der Waals surface area contributed by atoms with Crippen LogP contribution in [0.4, 0.5) is 24.7 Å². The van der Waals surface area contributed by atoms with E-state index >= 15 is 0 Å². The lowest BCUT2D eigenvalue weighted by Gasteiger charge is -2.24. The first-order chi connectivity index (χ1) is 15.6. The first-order valence-corrected chi connectivity index (χ1v) is 10.3. The summed E-state index contributed by atoms with van der Waals surface area (Å²) in [6.07, 6.45) is -3.36. The maximum Gasteiger partial charge on any atom is 0.416 e. The Balaban J connectivity index is 2.06. The number of alkyl halides is 3. The minimum absolute atomic E-state index is 0.0429. The summed E-state index contributed by atoms with van der Waals surface area (Å²) in [4.78, 5) is 41.7. The van der Waals surface area contributed by atoms with Crippen molar-refractivity contribution in [3.8, 4) is 0 Å². The van der Waals surface area contributed by atoms with E-state index in [4.69, 9.17) is 5.73 Å². The number of anilines is 2. The number of amides is 1. The zero-order chi connectivity index (χ0) is 24.2. The number of halogens is 3. The Hall–Kier alpha value is -3.82. The number of rotatable bonds is 7. The highest BCUT2D eigenvalue weighted by Gasteiger charge is 2.31. The van der Waals surface area contributed by atoms with Crippen LogP contribution in [0.2, 0.25) is 0 Å². The average Bonchev–Trinajstić information content (AvgIpc) is 2.78. The fourth-order valence-corrected chi connectivity index (χ4v) is 3.35. The highest BCUT2D eigenvalue weighted by molar-refractivity contribution is 6.07. The highest BCUT2D eigenvalue weighted by atomic mass is 19.4. The van der Waals surface area contributed by atoms with Gasteiger partial charge in [0, 0.05) is 12.1 Å². The summed E-state index contributed by atoms with van der Waals surface area (Å²) in [7, 11) is 0. The van der Waals surface area contributed by atoms with E-state index in [0.29, 0.717) is 12.8 Å². The van der Waals surface area contributed by atoms with Crippen LogP contribution in [0, 0.1) is 0 Å². The van der Waals surface area contributed by atoms with Gasteiger partial charge in [-0.2, -0.15) is 13.2 Å². The van der Waals surface area contributed by atoms with Gasteiger partial charge in [-0.1, -0.05) is 43.7 Å². The molecule has 0 aliphatic rings. The lowest BCUT2D eigenvalue weighted by Crippen LogP contribution is -2.41. The molecule has 0 fully saturated rings. The van der Waals surface area contributed by atoms with Gasteiger partial charge in [-0.25, -0.2) is 4.79 Å². The Kier molecular flexibility index (Phi) is 7.05. The second-order valence-corrected chi connectivity index (χ2v) is 7.45. The van der Waals surface area contributed by atoms with Crippen molar-refractivity contribution < 1.29 is 18.0 Å². The quantitative estimate of drug-likeness (QED) is 0.562. The second-order valence-electron chi connectivity index (χ2n) is 7.45. The van der Waals surface area contributed by atoms with Crippen molar-refractivity contribution in [2.24, 2.45) is 0 Å². The van der Waals surface area contributed by atoms with Gasteiger partial charge in [-0.05, 0) is 36.2 Å². The van der Waals surface area contributed by atoms with E-state index in [0.717, 1.165) is 39.3 Å². The minimum Gasteiger partial charge on any atom is -0.383 e. The summed E-state index contributed by atoms with van der Waals surface area (Å²) >= 11 is 0. The van der Waals surface area contributed by atoms with Gasteiger partial charge in [-0.3, -0.25) is 19.1 Å². The van der Waals surface area contributed by atoms with Crippen molar-refractivity contribution in [3.63, 3.8) is 0 Å². The van der Waals surface area contributed by atoms with Gasteiger partial charge in [-0.15, -0.1) is 0 Å². The molecule has 10 heteroatoms. The predicted octanol–water partition coefficient (Wildman–Crippen LogP) is 3.63. The number of aromatic amines is 1. The van der Waals surface area contributed by atoms with Crippen LogP contribution in [0.5, 0.6) is 0 Å². The molecule has 0 unspecified atom stereocenters. The Labute approximate surface area is 187 Å². The summed E-state index contributed by atoms with van der Waals surface area (Å²) in [6.45, 7) is 2.03. The lowest BCUT2D eigenvalue weighted by molar-refractivity contribution is -0.137. The standard InChI is InChI=1S/C23H23F3N4O3/c1-2-3-13-29(21(32)16-9-11-17(12-10-16)23(24,25)26)18-19(27)30(22(33)28-20(18)31)14-15-7-5-4-6-8-15/h4-12H,2-3,13-14,27H2,1H3,(H,28,31,33). The molecule has 3 N–H and O–H groups in total. The monoisotopic (exact) mass is 460 g/mol. The van der Waals surface area contributed by atoms with E-state index in [1.54, 1.807) is 24.3 Å². The van der Waals surface area contributed by atoms with Crippen LogP contribution < -0.4 is 21.9 Å². The topological polar surface area (TPSA) is 101 Å². The Morgan fingerprint density at radius 2 is 1.70 bits per heavy atom. The van der Waals surface area contributed by atoms with E-state index in [9.17, 15) is 27.6 Å². The van der Waals surface area contributed by atoms with Gasteiger partial charge >= 0.3 is 11.9 Å². The number of H-pyrrole nitrogens is 1. The number of benzene rings is 2. The van der Waals surface area contributed by atoms with Crippen LogP contribution in [0.15, 0.2) is 64.2 Å². The number of hydrogen-bond acceptors (Lipinski definition) is 4. The molecule has 174 valence electrons. The van der Waals surface area contributed by atoms with Gasteiger partial charge in [0.1, 0.15) is 5.82 Å². The third-order valence-electron chi connectivity index (χ3n) is 5.11. The number of nitrogens with one attached hydrogen (secondary N) is 1. The number of unbranched alkanes of at least 4 members (excludes halogenated alkanes) is 1. The molecule has 0 spiro atoms. The normalized spacial score (nSPS) is 11.4. The number of aromatic nitrogens is 2. The van der Waals surface area contributed by atoms with E-state index in [1.165, 1.54) is 0 Å². The average molecular weight is 460 g/mol. The molecule has 3 rings (SSSR count). The first kappa shape index (κ1) is 23.8. The molecule has 0 saturated carbocycles. The van der Waals surface area contributed by atoms with Crippen molar-refractivity contribution in [2.75, 3.05) is 17.2 Å². The van der Waals surface area contributed by atoms with Crippen LogP contribution in [0.25, 0.3) is 0 Å². The van der Waals surface area contributed by atoms with Gasteiger partial charge in [0.15, 0.2) is 5.69 Å². The van der Waals surface area contributed by atoms with Crippen molar-refractivity contribution in [1.82, 2.24) is 9.55 Å². The third kappa shape index (κ3) is 5.33. The maximum absolute atomic E-state index is 13.2. The van der Waals surface area contributed by atoms with Crippen LogP contribution in [-0.4, -0.2) is 22.0 Å². The summed E-state index contributed by atoms with van der Waals surface area (Å²) in [5, 5.41) is 0. The molecule has 0 saturated heterocycles. The fraction of sp³-hybridized carbons (Fsp3) is 0.261. The number of nitrogens with zero attached hydrogens (tertiary/aromatic N) is 2. The second kappa shape index (κ2) is 9.76. The van der Waals surface area contributed by atoms with Crippen LogP contribution in [0.3, 0.4) is 0 Å². The molecule has 0 radical (unpaired) electrons. The molecule has 1 amide bonds. The number of hydrogen-bond donors (Lipinski definition) is 2. The SMILES string of the molecule is CCCCN(C(=O)c1ccc(C(F)(F)F)cc1)c1c(N)n(Cc2ccccc2)c(=O)[nH]c1=O. The van der Waals surface area contributed by atoms with Crippen LogP contribution >= 0.6 is 0 Å². The first-order valence-electron chi connectivity index (χ1n) is 10.3. The number of nitrogen functional groups attached to an aromatic ring is 1. The van der Waals surface area contributed by atoms with Gasteiger partial charge < -0.3 is 10.6 Å². The molecule has 1 aromatic heterocycles. The van der Waals surface area contributed by atoms with Gasteiger partial charge in [0.2, 0.25) is 0 Å². The minimum atomic E-state index is -4.54. The molecule has 0 bridgehead atoms. The smallest absolute Gasteiger partial charge is 0.383 e. The fourth-order valence-electron chi connectivity index (χ4n) is 3.35. The zero-order valence-corrected chi connectivity index (χ0v) is 17.9. The molecular weight excluding hydrogens is 437 g/mol. The van der Waals surface area contributed by atoms with Gasteiger partial charge in [0.25, 0.3) is 11.5 Å². The highest BCUT2D eigenvalue weighted by Crippen LogP contribution is 2.29. The van der Waals surface area contributed by atoms with E-state index in [1.807, 2.05) is 13.0 Å². The van der Waals surface area contributed by atoms with Crippen molar-refractivity contribution in [2.45, 2.75) is 32.5 Å². The van der Waals surface area contributed by atoms with E-state index < -0.39 is 28.9 Å². The molecule has 0 aliphatic heterocycles. The molecular formula is C23H23F3N4O3. The Morgan fingerprint density at radius 3 is 2.27 bits per heavy atom. The molecule has 1 heterocycles. The number of nitrogens with two attached hydrogens (primary N) is 1. The summed E-state index contributed by atoms with van der Waals surface area (Å²) < 4.78 is 39.8. The maximum atomic E-state index is 13.2. The zero-order valence-electron chi connectivity index (χ0n) is 17.9. The summed E-state index contributed by atoms with van der Waals surface area (Å²) in [6, 6.07) is 12.6. The van der Waals surface area contributed by atoms with Crippen LogP contribution in [0.1, 0.15) is 41.3 Å². The number of carbonyl (C=O) groups excluding carboxylic acids is 1. The van der Waals surface area contributed by atoms with Crippen LogP contribution in [-0.2, 0) is 12.7 Å².